The second-order valence-electron chi connectivity index (χ2n) is 8.60. The van der Waals surface area contributed by atoms with Gasteiger partial charge in [0.15, 0.2) is 17.0 Å². The molecule has 0 spiro atoms. The van der Waals surface area contributed by atoms with Gasteiger partial charge in [0, 0.05) is 17.7 Å². The minimum absolute atomic E-state index is 0.163. The highest BCUT2D eigenvalue weighted by atomic mass is 16.5. The lowest BCUT2D eigenvalue weighted by Crippen LogP contribution is -2.27. The van der Waals surface area contributed by atoms with Crippen molar-refractivity contribution in [3.05, 3.63) is 48.1 Å². The first-order valence-electron chi connectivity index (χ1n) is 10.1. The third-order valence-corrected chi connectivity index (χ3v) is 5.09. The van der Waals surface area contributed by atoms with E-state index < -0.39 is 6.04 Å². The van der Waals surface area contributed by atoms with E-state index in [1.54, 1.807) is 24.5 Å². The summed E-state index contributed by atoms with van der Waals surface area (Å²) in [6.45, 7) is 7.99. The SMILES string of the molecule is C[C@@H](NC(=O)c1ncnc2[nH]ccc12)c1cc(-c2[nH]c3cnc(C(C)(C)C)nc3[nH+]2)no1. The maximum Gasteiger partial charge on any atom is 0.303 e. The van der Waals surface area contributed by atoms with E-state index in [-0.39, 0.29) is 11.3 Å². The number of carbonyl (C=O) groups is 1. The topological polar surface area (TPSA) is 152 Å². The molecule has 0 radical (unpaired) electrons. The van der Waals surface area contributed by atoms with Crippen molar-refractivity contribution in [1.82, 2.24) is 40.4 Å². The van der Waals surface area contributed by atoms with Gasteiger partial charge in [0.05, 0.1) is 17.6 Å². The van der Waals surface area contributed by atoms with Crippen LogP contribution < -0.4 is 10.3 Å². The van der Waals surface area contributed by atoms with Crippen molar-refractivity contribution in [2.24, 2.45) is 0 Å². The van der Waals surface area contributed by atoms with Crippen LogP contribution >= 0.6 is 0 Å². The van der Waals surface area contributed by atoms with Gasteiger partial charge in [0.25, 0.3) is 11.7 Å². The van der Waals surface area contributed by atoms with Crippen LogP contribution in [0.4, 0.5) is 0 Å². The van der Waals surface area contributed by atoms with Crippen molar-refractivity contribution in [2.75, 3.05) is 0 Å². The Labute approximate surface area is 182 Å². The molecule has 0 fully saturated rings. The third-order valence-electron chi connectivity index (χ3n) is 5.09. The monoisotopic (exact) mass is 432 g/mol. The summed E-state index contributed by atoms with van der Waals surface area (Å²) in [7, 11) is 0. The number of H-pyrrole nitrogens is 3. The number of nitrogens with one attached hydrogen (secondary N) is 4. The van der Waals surface area contributed by atoms with Crippen LogP contribution in [0.15, 0.2) is 35.4 Å². The van der Waals surface area contributed by atoms with Crippen LogP contribution in [-0.2, 0) is 5.41 Å². The Kier molecular flexibility index (Phi) is 4.47. The fraction of sp³-hybridized carbons (Fsp3) is 0.286. The Balaban J connectivity index is 1.37. The average Bonchev–Trinajstić information content (AvgIpc) is 3.50. The van der Waals surface area contributed by atoms with Gasteiger partial charge in [-0.25, -0.2) is 19.9 Å². The molecule has 1 amide bonds. The first kappa shape index (κ1) is 19.8. The summed E-state index contributed by atoms with van der Waals surface area (Å²) in [6, 6.07) is 3.10. The molecule has 4 N–H and O–H groups in total. The van der Waals surface area contributed by atoms with E-state index in [9.17, 15) is 4.79 Å². The second kappa shape index (κ2) is 7.22. The summed E-state index contributed by atoms with van der Waals surface area (Å²) >= 11 is 0. The van der Waals surface area contributed by atoms with Crippen molar-refractivity contribution in [3.63, 3.8) is 0 Å². The number of hydrogen-bond donors (Lipinski definition) is 3. The molecule has 11 nitrogen and oxygen atoms in total. The molecule has 5 aromatic heterocycles. The zero-order valence-corrected chi connectivity index (χ0v) is 18.0. The van der Waals surface area contributed by atoms with Crippen molar-refractivity contribution < 1.29 is 14.3 Å². The van der Waals surface area contributed by atoms with E-state index in [2.05, 4.69) is 66.1 Å². The molecule has 0 saturated heterocycles. The van der Waals surface area contributed by atoms with Gasteiger partial charge in [-0.3, -0.25) is 9.78 Å². The van der Waals surface area contributed by atoms with Crippen LogP contribution in [0.1, 0.15) is 55.8 Å². The Morgan fingerprint density at radius 1 is 1.25 bits per heavy atom. The minimum Gasteiger partial charge on any atom is -0.358 e. The molecule has 0 aliphatic heterocycles. The summed E-state index contributed by atoms with van der Waals surface area (Å²) in [5.41, 5.74) is 2.74. The standard InChI is InChI=1S/C21H21N9O2/c1-10(26-19(31)15-11-5-6-22-16(11)25-9-24-15)14-7-12(30-32-14)17-27-13-8-23-20(21(2,3)4)29-18(13)28-17/h5-10H,1-4H3,(H,26,31)(H,22,24,25)(H,23,27,28,29)/p+1/t10-/m1/s1. The molecule has 5 heterocycles. The first-order valence-corrected chi connectivity index (χ1v) is 10.1. The predicted molar refractivity (Wildman–Crippen MR) is 114 cm³/mol. The first-order chi connectivity index (χ1) is 15.3. The number of carbonyl (C=O) groups excluding carboxylic acids is 1. The smallest absolute Gasteiger partial charge is 0.303 e. The lowest BCUT2D eigenvalue weighted by molar-refractivity contribution is -0.334. The Morgan fingerprint density at radius 3 is 2.91 bits per heavy atom. The fourth-order valence-corrected chi connectivity index (χ4v) is 3.34. The molecule has 0 bridgehead atoms. The molecule has 162 valence electrons. The van der Waals surface area contributed by atoms with E-state index in [1.165, 1.54) is 6.33 Å². The Morgan fingerprint density at radius 2 is 2.09 bits per heavy atom. The predicted octanol–water partition coefficient (Wildman–Crippen LogP) is 2.49. The van der Waals surface area contributed by atoms with Gasteiger partial charge < -0.3 is 14.8 Å². The molecular weight excluding hydrogens is 410 g/mol. The van der Waals surface area contributed by atoms with Crippen LogP contribution in [0.5, 0.6) is 0 Å². The van der Waals surface area contributed by atoms with E-state index >= 15 is 0 Å². The number of amides is 1. The average molecular weight is 432 g/mol. The Bertz CT molecular complexity index is 1440. The summed E-state index contributed by atoms with van der Waals surface area (Å²) in [5.74, 6) is 1.55. The van der Waals surface area contributed by atoms with E-state index in [4.69, 9.17) is 4.52 Å². The van der Waals surface area contributed by atoms with Gasteiger partial charge >= 0.3 is 5.65 Å². The number of rotatable bonds is 4. The van der Waals surface area contributed by atoms with Crippen LogP contribution in [0.3, 0.4) is 0 Å². The Hall–Kier alpha value is -4.15. The number of hydrogen-bond acceptors (Lipinski definition) is 7. The van der Waals surface area contributed by atoms with Gasteiger partial charge in [-0.15, -0.1) is 0 Å². The molecule has 5 rings (SSSR count). The molecule has 0 unspecified atom stereocenters. The minimum atomic E-state index is -0.427. The van der Waals surface area contributed by atoms with Crippen molar-refractivity contribution in [2.45, 2.75) is 39.2 Å². The van der Waals surface area contributed by atoms with Gasteiger partial charge in [-0.1, -0.05) is 30.9 Å². The van der Waals surface area contributed by atoms with Gasteiger partial charge in [0.1, 0.15) is 17.7 Å². The van der Waals surface area contributed by atoms with Crippen LogP contribution in [0, 0.1) is 0 Å². The highest BCUT2D eigenvalue weighted by Gasteiger charge is 2.25. The summed E-state index contributed by atoms with van der Waals surface area (Å²) in [4.78, 5) is 39.4. The lowest BCUT2D eigenvalue weighted by atomic mass is 9.96. The highest BCUT2D eigenvalue weighted by Crippen LogP contribution is 2.23. The molecule has 0 aliphatic rings. The second-order valence-corrected chi connectivity index (χ2v) is 8.60. The van der Waals surface area contributed by atoms with E-state index in [1.807, 2.05) is 6.92 Å². The van der Waals surface area contributed by atoms with Crippen LogP contribution in [0.25, 0.3) is 33.7 Å². The summed E-state index contributed by atoms with van der Waals surface area (Å²) in [6.07, 6.45) is 4.81. The molecule has 32 heavy (non-hydrogen) atoms. The van der Waals surface area contributed by atoms with Gasteiger partial charge in [-0.2, -0.15) is 0 Å². The molecule has 0 saturated carbocycles. The highest BCUT2D eigenvalue weighted by molar-refractivity contribution is 6.03. The maximum absolute atomic E-state index is 12.7. The largest absolute Gasteiger partial charge is 0.358 e. The number of aromatic nitrogens is 8. The number of imidazole rings is 1. The number of aromatic amines is 3. The molecule has 1 atom stereocenters. The summed E-state index contributed by atoms with van der Waals surface area (Å²) in [5, 5.41) is 7.67. The van der Waals surface area contributed by atoms with E-state index in [0.717, 1.165) is 11.3 Å². The normalized spacial score (nSPS) is 13.0. The van der Waals surface area contributed by atoms with E-state index in [0.29, 0.717) is 39.7 Å². The lowest BCUT2D eigenvalue weighted by Gasteiger charge is -2.11. The van der Waals surface area contributed by atoms with Gasteiger partial charge in [-0.05, 0) is 13.0 Å². The zero-order chi connectivity index (χ0) is 22.5. The molecule has 11 heteroatoms. The van der Waals surface area contributed by atoms with Crippen LogP contribution in [-0.4, -0.2) is 41.0 Å². The summed E-state index contributed by atoms with van der Waals surface area (Å²) < 4.78 is 5.48. The molecule has 0 aromatic carbocycles. The number of fused-ring (bicyclic) bond motifs is 2. The third kappa shape index (κ3) is 3.47. The van der Waals surface area contributed by atoms with Crippen molar-refractivity contribution in [1.29, 1.82) is 0 Å². The maximum atomic E-state index is 12.7. The van der Waals surface area contributed by atoms with Crippen LogP contribution in [0.2, 0.25) is 0 Å². The molecular formula is C21H22N9O2+. The molecule has 0 aliphatic carbocycles. The molecule has 5 aromatic rings. The zero-order valence-electron chi connectivity index (χ0n) is 18.0. The van der Waals surface area contributed by atoms with Gasteiger partial charge in [0.2, 0.25) is 5.82 Å². The fourth-order valence-electron chi connectivity index (χ4n) is 3.34. The van der Waals surface area contributed by atoms with Crippen molar-refractivity contribution >= 4 is 28.1 Å². The van der Waals surface area contributed by atoms with Crippen molar-refractivity contribution in [3.8, 4) is 11.5 Å². The quantitative estimate of drug-likeness (QED) is 0.394. The number of nitrogens with zero attached hydrogens (tertiary/aromatic N) is 5.